The van der Waals surface area contributed by atoms with Gasteiger partial charge < -0.3 is 15.6 Å². The van der Waals surface area contributed by atoms with Crippen molar-refractivity contribution in [2.24, 2.45) is 11.7 Å². The van der Waals surface area contributed by atoms with E-state index in [0.717, 1.165) is 19.3 Å². The number of nitrogens with one attached hydrogen (secondary N) is 1. The first-order chi connectivity index (χ1) is 14.2. The predicted octanol–water partition coefficient (Wildman–Crippen LogP) is 0.309. The monoisotopic (exact) mass is 433 g/mol. The lowest BCUT2D eigenvalue weighted by Crippen LogP contribution is -2.44. The lowest BCUT2D eigenvalue weighted by atomic mass is 10.1. The normalized spacial score (nSPS) is 14.8. The number of benzene rings is 1. The lowest BCUT2D eigenvalue weighted by molar-refractivity contribution is -0.119. The number of amides is 2. The van der Waals surface area contributed by atoms with Gasteiger partial charge in [0.05, 0.1) is 24.3 Å². The van der Waals surface area contributed by atoms with E-state index in [-0.39, 0.29) is 23.4 Å². The highest BCUT2D eigenvalue weighted by Gasteiger charge is 2.30. The molecule has 1 saturated carbocycles. The molecule has 0 aliphatic heterocycles. The molecule has 0 spiro atoms. The van der Waals surface area contributed by atoms with E-state index in [4.69, 9.17) is 10.3 Å². The number of sulfone groups is 1. The van der Waals surface area contributed by atoms with Gasteiger partial charge in [-0.15, -0.1) is 0 Å². The van der Waals surface area contributed by atoms with Crippen LogP contribution >= 0.6 is 0 Å². The second-order valence-electron chi connectivity index (χ2n) is 7.11. The molecule has 2 aromatic rings. The highest BCUT2D eigenvalue weighted by Crippen LogP contribution is 2.30. The molecule has 1 heterocycles. The first-order valence-corrected chi connectivity index (χ1v) is 11.1. The highest BCUT2D eigenvalue weighted by atomic mass is 32.2. The number of nitrogens with two attached hydrogens (primary N) is 1. The molecule has 1 unspecified atom stereocenters. The minimum Gasteiger partial charge on any atom is -0.370 e. The van der Waals surface area contributed by atoms with Gasteiger partial charge in [-0.1, -0.05) is 23.4 Å². The molecule has 1 radical (unpaired) electrons. The van der Waals surface area contributed by atoms with Crippen molar-refractivity contribution in [3.05, 3.63) is 42.6 Å². The summed E-state index contributed by atoms with van der Waals surface area (Å²) >= 11 is 0. The SMILES string of the molecule is NC(=O)CC(NC(=O)[CH]CS(=O)(=O)CC1CC1)C(=O)c1noc(-c2ccccc2)n1. The van der Waals surface area contributed by atoms with E-state index in [9.17, 15) is 22.8 Å². The van der Waals surface area contributed by atoms with Crippen molar-refractivity contribution in [1.29, 1.82) is 0 Å². The Hall–Kier alpha value is -3.08. The number of primary amides is 1. The van der Waals surface area contributed by atoms with E-state index >= 15 is 0 Å². The van der Waals surface area contributed by atoms with Gasteiger partial charge in [-0.3, -0.25) is 14.4 Å². The maximum absolute atomic E-state index is 12.7. The number of Topliss-reactive ketones (excluding diaryl/α,β-unsaturated/α-hetero) is 1. The van der Waals surface area contributed by atoms with Crippen molar-refractivity contribution in [2.75, 3.05) is 11.5 Å². The van der Waals surface area contributed by atoms with Gasteiger partial charge in [-0.05, 0) is 30.9 Å². The molecule has 11 heteroatoms. The molecular formula is C19H21N4O6S. The van der Waals surface area contributed by atoms with Gasteiger partial charge in [0.15, 0.2) is 9.84 Å². The number of carbonyl (C=O) groups excluding carboxylic acids is 3. The average Bonchev–Trinajstić information content (AvgIpc) is 3.36. The van der Waals surface area contributed by atoms with Crippen LogP contribution in [0, 0.1) is 12.3 Å². The third-order valence-electron chi connectivity index (χ3n) is 4.41. The van der Waals surface area contributed by atoms with Gasteiger partial charge in [0.25, 0.3) is 5.89 Å². The first kappa shape index (κ1) is 21.6. The molecule has 159 valence electrons. The minimum atomic E-state index is -3.40. The average molecular weight is 433 g/mol. The number of hydrogen-bond acceptors (Lipinski definition) is 8. The minimum absolute atomic E-state index is 0.0333. The van der Waals surface area contributed by atoms with Crippen LogP contribution in [0.15, 0.2) is 34.9 Å². The largest absolute Gasteiger partial charge is 0.370 e. The molecule has 1 fully saturated rings. The molecule has 10 nitrogen and oxygen atoms in total. The number of hydrogen-bond donors (Lipinski definition) is 2. The summed E-state index contributed by atoms with van der Waals surface area (Å²) < 4.78 is 29.0. The molecule has 1 aromatic heterocycles. The van der Waals surface area contributed by atoms with Crippen molar-refractivity contribution in [3.63, 3.8) is 0 Å². The number of aromatic nitrogens is 2. The van der Waals surface area contributed by atoms with Crippen molar-refractivity contribution < 1.29 is 27.3 Å². The van der Waals surface area contributed by atoms with E-state index < -0.39 is 45.7 Å². The number of ketones is 1. The molecule has 3 N–H and O–H groups in total. The van der Waals surface area contributed by atoms with Crippen LogP contribution in [-0.4, -0.2) is 53.7 Å². The fourth-order valence-corrected chi connectivity index (χ4v) is 4.33. The van der Waals surface area contributed by atoms with Crippen LogP contribution in [0.1, 0.15) is 29.9 Å². The van der Waals surface area contributed by atoms with E-state index in [0.29, 0.717) is 5.56 Å². The van der Waals surface area contributed by atoms with Crippen molar-refractivity contribution in [3.8, 4) is 11.5 Å². The van der Waals surface area contributed by atoms with E-state index in [2.05, 4.69) is 15.5 Å². The Morgan fingerprint density at radius 1 is 1.23 bits per heavy atom. The smallest absolute Gasteiger partial charge is 0.258 e. The zero-order valence-electron chi connectivity index (χ0n) is 16.0. The van der Waals surface area contributed by atoms with Gasteiger partial charge in [0.1, 0.15) is 6.04 Å². The maximum atomic E-state index is 12.7. The van der Waals surface area contributed by atoms with Crippen LogP contribution in [0.2, 0.25) is 0 Å². The number of rotatable bonds is 11. The van der Waals surface area contributed by atoms with E-state index in [1.807, 2.05) is 0 Å². The van der Waals surface area contributed by atoms with E-state index in [1.54, 1.807) is 30.3 Å². The van der Waals surface area contributed by atoms with Gasteiger partial charge in [0.2, 0.25) is 23.4 Å². The fourth-order valence-electron chi connectivity index (χ4n) is 2.73. The summed E-state index contributed by atoms with van der Waals surface area (Å²) in [6, 6.07) is 7.38. The molecule has 1 aliphatic carbocycles. The predicted molar refractivity (Wildman–Crippen MR) is 105 cm³/mol. The third kappa shape index (κ3) is 6.21. The Kier molecular flexibility index (Phi) is 6.60. The molecule has 30 heavy (non-hydrogen) atoms. The summed E-state index contributed by atoms with van der Waals surface area (Å²) in [7, 11) is -3.40. The second kappa shape index (κ2) is 9.16. The summed E-state index contributed by atoms with van der Waals surface area (Å²) in [5.74, 6) is -2.90. The van der Waals surface area contributed by atoms with Crippen LogP contribution < -0.4 is 11.1 Å². The molecule has 1 atom stereocenters. The Bertz CT molecular complexity index is 1030. The van der Waals surface area contributed by atoms with Gasteiger partial charge >= 0.3 is 0 Å². The molecular weight excluding hydrogens is 412 g/mol. The van der Waals surface area contributed by atoms with Crippen LogP contribution in [0.25, 0.3) is 11.5 Å². The Morgan fingerprint density at radius 2 is 1.93 bits per heavy atom. The lowest BCUT2D eigenvalue weighted by Gasteiger charge is -2.14. The summed E-state index contributed by atoms with van der Waals surface area (Å²) in [5.41, 5.74) is 5.76. The zero-order chi connectivity index (χ0) is 21.7. The van der Waals surface area contributed by atoms with Crippen molar-refractivity contribution in [2.45, 2.75) is 25.3 Å². The number of nitrogens with zero attached hydrogens (tertiary/aromatic N) is 2. The zero-order valence-corrected chi connectivity index (χ0v) is 16.8. The second-order valence-corrected chi connectivity index (χ2v) is 9.26. The molecule has 0 bridgehead atoms. The standard InChI is InChI=1S/C19H21N4O6S/c20-15(24)10-14(21-16(25)8-9-30(27,28)11-12-6-7-12)17(26)18-22-19(29-23-18)13-4-2-1-3-5-13/h1-5,8,12,14H,6-7,9-11H2,(H2,20,24)(H,21,25). The Labute approximate surface area is 173 Å². The van der Waals surface area contributed by atoms with Crippen LogP contribution in [0.5, 0.6) is 0 Å². The molecule has 0 saturated heterocycles. The highest BCUT2D eigenvalue weighted by molar-refractivity contribution is 7.91. The first-order valence-electron chi connectivity index (χ1n) is 9.29. The quantitative estimate of drug-likeness (QED) is 0.478. The van der Waals surface area contributed by atoms with Gasteiger partial charge in [-0.2, -0.15) is 4.98 Å². The summed E-state index contributed by atoms with van der Waals surface area (Å²) in [6.07, 6.45) is 2.18. The third-order valence-corrected chi connectivity index (χ3v) is 6.07. The van der Waals surface area contributed by atoms with E-state index in [1.165, 1.54) is 0 Å². The maximum Gasteiger partial charge on any atom is 0.258 e. The van der Waals surface area contributed by atoms with Crippen molar-refractivity contribution >= 4 is 27.4 Å². The molecule has 2 amide bonds. The van der Waals surface area contributed by atoms with Crippen LogP contribution in [0.3, 0.4) is 0 Å². The van der Waals surface area contributed by atoms with Crippen molar-refractivity contribution in [1.82, 2.24) is 15.5 Å². The summed E-state index contributed by atoms with van der Waals surface area (Å²) in [6.45, 7) is 0. The Balaban J connectivity index is 1.64. The molecule has 1 aliphatic rings. The Morgan fingerprint density at radius 3 is 2.57 bits per heavy atom. The topological polar surface area (TPSA) is 162 Å². The fraction of sp³-hybridized carbons (Fsp3) is 0.368. The van der Waals surface area contributed by atoms with Crippen LogP contribution in [0.4, 0.5) is 0 Å². The molecule has 3 rings (SSSR count). The summed E-state index contributed by atoms with van der Waals surface area (Å²) in [4.78, 5) is 40.2. The van der Waals surface area contributed by atoms with Gasteiger partial charge in [-0.25, -0.2) is 8.42 Å². The molecule has 1 aromatic carbocycles. The van der Waals surface area contributed by atoms with Gasteiger partial charge in [0, 0.05) is 5.56 Å². The summed E-state index contributed by atoms with van der Waals surface area (Å²) in [5, 5.41) is 5.91. The van der Waals surface area contributed by atoms with Crippen LogP contribution in [-0.2, 0) is 19.4 Å². The number of carbonyl (C=O) groups is 3.